The number of nitrogens with zero attached hydrogens (tertiary/aromatic N) is 3. The zero-order valence-electron chi connectivity index (χ0n) is 18.4. The lowest BCUT2D eigenvalue weighted by Gasteiger charge is -2.23. The highest BCUT2D eigenvalue weighted by atomic mass is 32.2. The molecular formula is C24H19F2N5O3S. The number of carbonyl (C=O) groups is 1. The van der Waals surface area contributed by atoms with Crippen LogP contribution in [-0.4, -0.2) is 37.5 Å². The van der Waals surface area contributed by atoms with Crippen LogP contribution in [0.2, 0.25) is 0 Å². The van der Waals surface area contributed by atoms with Gasteiger partial charge in [0.15, 0.2) is 0 Å². The zero-order chi connectivity index (χ0) is 24.5. The number of benzene rings is 2. The fraction of sp³-hybridized carbons (Fsp3) is 0.208. The number of alkyl halides is 2. The first-order chi connectivity index (χ1) is 16.7. The lowest BCUT2D eigenvalue weighted by Crippen LogP contribution is -2.28. The van der Waals surface area contributed by atoms with E-state index >= 15 is 0 Å². The molecule has 2 aliphatic rings. The van der Waals surface area contributed by atoms with Crippen molar-refractivity contribution in [3.8, 4) is 17.0 Å². The van der Waals surface area contributed by atoms with Gasteiger partial charge in [0.2, 0.25) is 0 Å². The maximum atomic E-state index is 13.4. The van der Waals surface area contributed by atoms with Gasteiger partial charge in [-0.25, -0.2) is 19.0 Å². The molecule has 0 fully saturated rings. The number of aromatic nitrogens is 3. The van der Waals surface area contributed by atoms with Crippen molar-refractivity contribution in [3.05, 3.63) is 71.5 Å². The van der Waals surface area contributed by atoms with Crippen LogP contribution in [0.1, 0.15) is 40.3 Å². The average molecular weight is 496 g/mol. The monoisotopic (exact) mass is 495 g/mol. The summed E-state index contributed by atoms with van der Waals surface area (Å²) < 4.78 is 54.1. The highest BCUT2D eigenvalue weighted by Crippen LogP contribution is 2.49. The minimum atomic E-state index is -3.18. The molecule has 3 atom stereocenters. The molecule has 2 aromatic carbocycles. The van der Waals surface area contributed by atoms with E-state index in [0.29, 0.717) is 23.4 Å². The van der Waals surface area contributed by atoms with Crippen LogP contribution in [0.4, 0.5) is 8.78 Å². The third-order valence-corrected chi connectivity index (χ3v) is 7.42. The number of pyridine rings is 1. The molecule has 2 bridgehead atoms. The Labute approximate surface area is 198 Å². The van der Waals surface area contributed by atoms with Crippen molar-refractivity contribution in [1.29, 1.82) is 4.78 Å². The van der Waals surface area contributed by atoms with Gasteiger partial charge in [-0.15, -0.1) is 0 Å². The Morgan fingerprint density at radius 3 is 2.71 bits per heavy atom. The predicted octanol–water partition coefficient (Wildman–Crippen LogP) is 4.51. The van der Waals surface area contributed by atoms with Crippen LogP contribution in [0.15, 0.2) is 59.6 Å². The maximum Gasteiger partial charge on any atom is 0.387 e. The van der Waals surface area contributed by atoms with Crippen LogP contribution < -0.4 is 10.1 Å². The molecule has 8 nitrogen and oxygen atoms in total. The number of amides is 1. The Morgan fingerprint density at radius 2 is 1.94 bits per heavy atom. The minimum Gasteiger partial charge on any atom is -0.434 e. The smallest absolute Gasteiger partial charge is 0.387 e. The van der Waals surface area contributed by atoms with Crippen molar-refractivity contribution in [2.75, 3.05) is 6.26 Å². The molecule has 4 aromatic rings. The van der Waals surface area contributed by atoms with Gasteiger partial charge in [-0.1, -0.05) is 18.2 Å². The van der Waals surface area contributed by atoms with Crippen LogP contribution in [0.25, 0.3) is 22.3 Å². The van der Waals surface area contributed by atoms with Crippen molar-refractivity contribution in [1.82, 2.24) is 19.9 Å². The van der Waals surface area contributed by atoms with Crippen molar-refractivity contribution < 1.29 is 22.5 Å². The molecule has 1 unspecified atom stereocenters. The molecule has 0 saturated heterocycles. The Bertz CT molecular complexity index is 1630. The standard InChI is InChI=1S/C24H19F2N5O3S/c1-35(27,33)19-8-4-6-14(28-19)21-18(34-24(25)26)10-9-12-20(21)17-11-15(30-23(12)32)22-29-13-5-2-3-7-16(13)31(17)22/h2-10,15,17,24,27H,11H2,1H3,(H,30,32)/t15-,17-,35?/m1/s1. The Balaban J connectivity index is 1.68. The fourth-order valence-corrected chi connectivity index (χ4v) is 5.66. The van der Waals surface area contributed by atoms with Gasteiger partial charge in [0.1, 0.15) is 16.6 Å². The summed E-state index contributed by atoms with van der Waals surface area (Å²) in [5.74, 6) is 0.178. The molecule has 0 radical (unpaired) electrons. The van der Waals surface area contributed by atoms with E-state index < -0.39 is 22.4 Å². The SMILES string of the molecule is CS(=N)(=O)c1cccc(-c2c(OC(F)F)ccc3c2[C@H]2C[C@@H](NC3=O)c3nc4ccccc4n32)n1. The second-order valence-corrected chi connectivity index (χ2v) is 10.7. The summed E-state index contributed by atoms with van der Waals surface area (Å²) in [7, 11) is -3.18. The van der Waals surface area contributed by atoms with Gasteiger partial charge in [-0.05, 0) is 42.8 Å². The lowest BCUT2D eigenvalue weighted by molar-refractivity contribution is -0.0495. The fourth-order valence-electron chi connectivity index (χ4n) is 5.05. The Hall–Kier alpha value is -3.86. The minimum absolute atomic E-state index is 0.00624. The van der Waals surface area contributed by atoms with Gasteiger partial charge in [0, 0.05) is 22.9 Å². The molecule has 0 aliphatic carbocycles. The molecule has 35 heavy (non-hydrogen) atoms. The molecule has 1 amide bonds. The summed E-state index contributed by atoms with van der Waals surface area (Å²) in [5, 5.41) is 3.02. The van der Waals surface area contributed by atoms with Crippen LogP contribution in [0.5, 0.6) is 5.75 Å². The number of halogens is 2. The van der Waals surface area contributed by atoms with Crippen molar-refractivity contribution in [2.24, 2.45) is 0 Å². The van der Waals surface area contributed by atoms with Gasteiger partial charge < -0.3 is 14.6 Å². The van der Waals surface area contributed by atoms with Gasteiger partial charge in [-0.2, -0.15) is 8.78 Å². The number of hydrogen-bond acceptors (Lipinski definition) is 6. The second-order valence-electron chi connectivity index (χ2n) is 8.59. The summed E-state index contributed by atoms with van der Waals surface area (Å²) in [6.07, 6.45) is 1.71. The van der Waals surface area contributed by atoms with E-state index in [1.165, 1.54) is 24.5 Å². The van der Waals surface area contributed by atoms with Gasteiger partial charge in [0.05, 0.1) is 38.5 Å². The quantitative estimate of drug-likeness (QED) is 0.433. The van der Waals surface area contributed by atoms with Gasteiger partial charge in [-0.3, -0.25) is 4.79 Å². The number of rotatable bonds is 4. The third kappa shape index (κ3) is 3.37. The van der Waals surface area contributed by atoms with E-state index in [9.17, 15) is 17.8 Å². The highest BCUT2D eigenvalue weighted by molar-refractivity contribution is 7.91. The van der Waals surface area contributed by atoms with E-state index in [0.717, 1.165) is 11.0 Å². The number of nitrogens with one attached hydrogen (secondary N) is 2. The van der Waals surface area contributed by atoms with Crippen LogP contribution >= 0.6 is 0 Å². The van der Waals surface area contributed by atoms with Crippen LogP contribution in [-0.2, 0) is 9.73 Å². The summed E-state index contributed by atoms with van der Waals surface area (Å²) in [4.78, 5) is 22.3. The zero-order valence-corrected chi connectivity index (χ0v) is 19.2. The largest absolute Gasteiger partial charge is 0.434 e. The van der Waals surface area contributed by atoms with E-state index in [-0.39, 0.29) is 34.0 Å². The normalized spacial score (nSPS) is 20.2. The van der Waals surface area contributed by atoms with Gasteiger partial charge >= 0.3 is 6.61 Å². The Kier molecular flexibility index (Phi) is 4.69. The highest BCUT2D eigenvalue weighted by Gasteiger charge is 2.42. The molecule has 0 saturated carbocycles. The summed E-state index contributed by atoms with van der Waals surface area (Å²) >= 11 is 0. The summed E-state index contributed by atoms with van der Waals surface area (Å²) in [6.45, 7) is -3.11. The van der Waals surface area contributed by atoms with Crippen molar-refractivity contribution in [2.45, 2.75) is 30.1 Å². The first-order valence-electron chi connectivity index (χ1n) is 10.8. The summed E-state index contributed by atoms with van der Waals surface area (Å²) in [6, 6.07) is 14.2. The average Bonchev–Trinajstić information content (AvgIpc) is 3.31. The first kappa shape index (κ1) is 21.7. The molecule has 6 rings (SSSR count). The second kappa shape index (κ2) is 7.57. The van der Waals surface area contributed by atoms with Crippen molar-refractivity contribution >= 4 is 26.7 Å². The molecule has 2 aromatic heterocycles. The van der Waals surface area contributed by atoms with E-state index in [2.05, 4.69) is 10.3 Å². The molecule has 0 spiro atoms. The molecule has 2 N–H and O–H groups in total. The number of carbonyl (C=O) groups excluding carboxylic acids is 1. The van der Waals surface area contributed by atoms with Crippen molar-refractivity contribution in [3.63, 3.8) is 0 Å². The van der Waals surface area contributed by atoms with Crippen LogP contribution in [0.3, 0.4) is 0 Å². The lowest BCUT2D eigenvalue weighted by atomic mass is 9.90. The number of para-hydroxylation sites is 2. The topological polar surface area (TPSA) is 110 Å². The summed E-state index contributed by atoms with van der Waals surface area (Å²) in [5.41, 5.74) is 2.81. The first-order valence-corrected chi connectivity index (χ1v) is 12.8. The number of ether oxygens (including phenoxy) is 1. The molecular weight excluding hydrogens is 476 g/mol. The molecule has 2 aliphatic heterocycles. The maximum absolute atomic E-state index is 13.4. The third-order valence-electron chi connectivity index (χ3n) is 6.39. The predicted molar refractivity (Wildman–Crippen MR) is 124 cm³/mol. The number of fused-ring (bicyclic) bond motifs is 9. The number of hydrogen-bond donors (Lipinski definition) is 2. The Morgan fingerprint density at radius 1 is 1.14 bits per heavy atom. The van der Waals surface area contributed by atoms with E-state index in [1.807, 2.05) is 28.8 Å². The number of imidazole rings is 1. The van der Waals surface area contributed by atoms with E-state index in [4.69, 9.17) is 14.5 Å². The molecule has 11 heteroatoms. The van der Waals surface area contributed by atoms with Gasteiger partial charge in [0.25, 0.3) is 5.91 Å². The molecule has 4 heterocycles. The van der Waals surface area contributed by atoms with Crippen LogP contribution in [0, 0.1) is 4.78 Å². The van der Waals surface area contributed by atoms with E-state index in [1.54, 1.807) is 12.1 Å². The molecule has 178 valence electrons.